The Bertz CT molecular complexity index is 868. The molecule has 0 saturated carbocycles. The van der Waals surface area contributed by atoms with Gasteiger partial charge in [0, 0.05) is 42.4 Å². The van der Waals surface area contributed by atoms with Crippen LogP contribution in [0.15, 0.2) is 48.8 Å². The normalized spacial score (nSPS) is 17.8. The maximum absolute atomic E-state index is 12.8. The van der Waals surface area contributed by atoms with Crippen molar-refractivity contribution < 1.29 is 4.79 Å². The average Bonchev–Trinajstić information content (AvgIpc) is 3.21. The second kappa shape index (κ2) is 5.54. The lowest BCUT2D eigenvalue weighted by atomic mass is 9.99. The molecule has 1 amide bonds. The first-order valence-electron chi connectivity index (χ1n) is 8.01. The van der Waals surface area contributed by atoms with Crippen LogP contribution in [0.2, 0.25) is 0 Å². The van der Waals surface area contributed by atoms with Crippen LogP contribution in [0.1, 0.15) is 33.8 Å². The third kappa shape index (κ3) is 2.40. The number of aromatic nitrogens is 2. The van der Waals surface area contributed by atoms with Gasteiger partial charge in [0.05, 0.1) is 0 Å². The van der Waals surface area contributed by atoms with Gasteiger partial charge in [-0.05, 0) is 42.7 Å². The van der Waals surface area contributed by atoms with Gasteiger partial charge in [-0.2, -0.15) is 0 Å². The number of carbonyl (C=O) groups excluding carboxylic acids is 1. The van der Waals surface area contributed by atoms with Crippen LogP contribution in [-0.4, -0.2) is 33.9 Å². The number of carbonyl (C=O) groups is 1. The van der Waals surface area contributed by atoms with Crippen molar-refractivity contribution >= 4 is 16.9 Å². The van der Waals surface area contributed by atoms with Gasteiger partial charge in [0.15, 0.2) is 0 Å². The summed E-state index contributed by atoms with van der Waals surface area (Å²) < 4.78 is 0. The molecule has 3 aromatic rings. The van der Waals surface area contributed by atoms with E-state index >= 15 is 0 Å². The third-order valence-corrected chi connectivity index (χ3v) is 4.77. The van der Waals surface area contributed by atoms with Gasteiger partial charge in [-0.15, -0.1) is 0 Å². The molecule has 1 aromatic carbocycles. The largest absolute Gasteiger partial charge is 0.346 e. The number of nitrogens with zero attached hydrogens (tertiary/aromatic N) is 2. The quantitative estimate of drug-likeness (QED) is 0.787. The molecule has 4 rings (SSSR count). The summed E-state index contributed by atoms with van der Waals surface area (Å²) in [5, 5.41) is 1.17. The zero-order valence-electron chi connectivity index (χ0n) is 13.1. The van der Waals surface area contributed by atoms with E-state index in [0.29, 0.717) is 5.92 Å². The number of H-pyrrole nitrogens is 1. The molecule has 1 unspecified atom stereocenters. The van der Waals surface area contributed by atoms with Crippen molar-refractivity contribution in [2.45, 2.75) is 19.3 Å². The maximum Gasteiger partial charge on any atom is 0.254 e. The first kappa shape index (κ1) is 14.0. The van der Waals surface area contributed by atoms with Crippen molar-refractivity contribution in [2.24, 2.45) is 0 Å². The summed E-state index contributed by atoms with van der Waals surface area (Å²) in [7, 11) is 0. The monoisotopic (exact) mass is 305 g/mol. The topological polar surface area (TPSA) is 49.0 Å². The summed E-state index contributed by atoms with van der Waals surface area (Å²) in [6.07, 6.45) is 4.84. The molecule has 23 heavy (non-hydrogen) atoms. The Kier molecular flexibility index (Phi) is 3.37. The second-order valence-corrected chi connectivity index (χ2v) is 6.20. The lowest BCUT2D eigenvalue weighted by Gasteiger charge is -2.17. The number of fused-ring (bicyclic) bond motifs is 1. The third-order valence-electron chi connectivity index (χ3n) is 4.77. The molecule has 1 atom stereocenters. The van der Waals surface area contributed by atoms with Gasteiger partial charge in [0.25, 0.3) is 5.91 Å². The first-order chi connectivity index (χ1) is 11.2. The van der Waals surface area contributed by atoms with Crippen LogP contribution in [0.5, 0.6) is 0 Å². The van der Waals surface area contributed by atoms with Crippen molar-refractivity contribution in [3.8, 4) is 0 Å². The second-order valence-electron chi connectivity index (χ2n) is 6.20. The molecule has 1 aliphatic rings. The van der Waals surface area contributed by atoms with Gasteiger partial charge in [0.1, 0.15) is 5.65 Å². The predicted octanol–water partition coefficient (Wildman–Crippen LogP) is 3.50. The zero-order chi connectivity index (χ0) is 15.8. The molecule has 0 spiro atoms. The minimum Gasteiger partial charge on any atom is -0.346 e. The number of amides is 1. The molecule has 116 valence electrons. The summed E-state index contributed by atoms with van der Waals surface area (Å²) in [6, 6.07) is 11.9. The van der Waals surface area contributed by atoms with Crippen molar-refractivity contribution in [1.29, 1.82) is 0 Å². The molecule has 1 saturated heterocycles. The fourth-order valence-electron chi connectivity index (χ4n) is 3.50. The maximum atomic E-state index is 12.8. The van der Waals surface area contributed by atoms with Crippen molar-refractivity contribution in [3.05, 3.63) is 65.5 Å². The van der Waals surface area contributed by atoms with Gasteiger partial charge < -0.3 is 9.88 Å². The van der Waals surface area contributed by atoms with E-state index in [1.165, 1.54) is 10.9 Å². The number of hydrogen-bond donors (Lipinski definition) is 1. The predicted molar refractivity (Wildman–Crippen MR) is 90.5 cm³/mol. The minimum absolute atomic E-state index is 0.142. The fourth-order valence-corrected chi connectivity index (χ4v) is 3.50. The number of pyridine rings is 1. The average molecular weight is 305 g/mol. The van der Waals surface area contributed by atoms with E-state index in [0.717, 1.165) is 36.3 Å². The molecule has 0 aliphatic carbocycles. The van der Waals surface area contributed by atoms with E-state index in [4.69, 9.17) is 0 Å². The van der Waals surface area contributed by atoms with Gasteiger partial charge in [0.2, 0.25) is 0 Å². The molecule has 3 heterocycles. The SMILES string of the molecule is Cc1ccccc1C(=O)N1CCC(c2c[nH]c3ncccc23)C1. The molecule has 0 bridgehead atoms. The standard InChI is InChI=1S/C19H19N3O/c1-13-5-2-3-6-15(13)19(23)22-10-8-14(12-22)17-11-21-18-16(17)7-4-9-20-18/h2-7,9,11,14H,8,10,12H2,1H3,(H,20,21). The van der Waals surface area contributed by atoms with E-state index < -0.39 is 0 Å². The summed E-state index contributed by atoms with van der Waals surface area (Å²) >= 11 is 0. The number of aryl methyl sites for hydroxylation is 1. The Morgan fingerprint density at radius 3 is 3.00 bits per heavy atom. The lowest BCUT2D eigenvalue weighted by molar-refractivity contribution is 0.0790. The van der Waals surface area contributed by atoms with Crippen molar-refractivity contribution in [1.82, 2.24) is 14.9 Å². The van der Waals surface area contributed by atoms with Crippen molar-refractivity contribution in [2.75, 3.05) is 13.1 Å². The molecule has 4 nitrogen and oxygen atoms in total. The molecule has 1 N–H and O–H groups in total. The van der Waals surface area contributed by atoms with Crippen LogP contribution in [0, 0.1) is 6.92 Å². The van der Waals surface area contributed by atoms with E-state index in [-0.39, 0.29) is 5.91 Å². The fraction of sp³-hybridized carbons (Fsp3) is 0.263. The van der Waals surface area contributed by atoms with Crippen LogP contribution in [0.3, 0.4) is 0 Å². The van der Waals surface area contributed by atoms with E-state index in [1.807, 2.05) is 48.4 Å². The van der Waals surface area contributed by atoms with Crippen LogP contribution in [-0.2, 0) is 0 Å². The van der Waals surface area contributed by atoms with Crippen LogP contribution < -0.4 is 0 Å². The Labute approximate surface area is 135 Å². The Morgan fingerprint density at radius 2 is 2.13 bits per heavy atom. The Morgan fingerprint density at radius 1 is 1.26 bits per heavy atom. The zero-order valence-corrected chi connectivity index (χ0v) is 13.1. The molecule has 1 aliphatic heterocycles. The van der Waals surface area contributed by atoms with Crippen LogP contribution >= 0.6 is 0 Å². The molecular weight excluding hydrogens is 286 g/mol. The molecule has 0 radical (unpaired) electrons. The minimum atomic E-state index is 0.142. The highest BCUT2D eigenvalue weighted by Crippen LogP contribution is 2.32. The first-order valence-corrected chi connectivity index (χ1v) is 8.01. The molecule has 1 fully saturated rings. The van der Waals surface area contributed by atoms with Crippen LogP contribution in [0.25, 0.3) is 11.0 Å². The van der Waals surface area contributed by atoms with Crippen molar-refractivity contribution in [3.63, 3.8) is 0 Å². The number of nitrogens with one attached hydrogen (secondary N) is 1. The Hall–Kier alpha value is -2.62. The highest BCUT2D eigenvalue weighted by atomic mass is 16.2. The number of likely N-dealkylation sites (tertiary alicyclic amines) is 1. The van der Waals surface area contributed by atoms with Crippen LogP contribution in [0.4, 0.5) is 0 Å². The molecule has 4 heteroatoms. The van der Waals surface area contributed by atoms with Gasteiger partial charge >= 0.3 is 0 Å². The van der Waals surface area contributed by atoms with E-state index in [2.05, 4.69) is 16.0 Å². The number of aromatic amines is 1. The summed E-state index contributed by atoms with van der Waals surface area (Å²) in [5.74, 6) is 0.518. The number of hydrogen-bond acceptors (Lipinski definition) is 2. The van der Waals surface area contributed by atoms with E-state index in [9.17, 15) is 4.79 Å². The highest BCUT2D eigenvalue weighted by molar-refractivity contribution is 5.96. The van der Waals surface area contributed by atoms with Gasteiger partial charge in [-0.25, -0.2) is 4.98 Å². The van der Waals surface area contributed by atoms with Gasteiger partial charge in [-0.3, -0.25) is 4.79 Å². The molecule has 2 aromatic heterocycles. The van der Waals surface area contributed by atoms with E-state index in [1.54, 1.807) is 6.20 Å². The smallest absolute Gasteiger partial charge is 0.254 e. The number of benzene rings is 1. The number of rotatable bonds is 2. The Balaban J connectivity index is 1.58. The summed E-state index contributed by atoms with van der Waals surface area (Å²) in [5.41, 5.74) is 4.05. The molecular formula is C19H19N3O. The van der Waals surface area contributed by atoms with Gasteiger partial charge in [-0.1, -0.05) is 18.2 Å². The summed E-state index contributed by atoms with van der Waals surface area (Å²) in [6.45, 7) is 3.58. The highest BCUT2D eigenvalue weighted by Gasteiger charge is 2.29. The summed E-state index contributed by atoms with van der Waals surface area (Å²) in [4.78, 5) is 22.3. The lowest BCUT2D eigenvalue weighted by Crippen LogP contribution is -2.29.